The van der Waals surface area contributed by atoms with E-state index in [2.05, 4.69) is 11.1 Å². The van der Waals surface area contributed by atoms with Crippen molar-refractivity contribution in [3.63, 3.8) is 0 Å². The van der Waals surface area contributed by atoms with E-state index < -0.39 is 0 Å². The van der Waals surface area contributed by atoms with Crippen LogP contribution in [0, 0.1) is 23.7 Å². The summed E-state index contributed by atoms with van der Waals surface area (Å²) in [5.74, 6) is 0.0199. The van der Waals surface area contributed by atoms with Gasteiger partial charge in [-0.05, 0) is 25.0 Å². The van der Waals surface area contributed by atoms with Gasteiger partial charge in [-0.3, -0.25) is 5.41 Å². The molecule has 0 radical (unpaired) electrons. The van der Waals surface area contributed by atoms with E-state index in [9.17, 15) is 5.26 Å². The topological polar surface area (TPSA) is 72.7 Å². The first kappa shape index (κ1) is 13.9. The molecule has 4 nitrogen and oxygen atoms in total. The Bertz CT molecular complexity index is 650. The highest BCUT2D eigenvalue weighted by Gasteiger charge is 2.19. The lowest BCUT2D eigenvalue weighted by Gasteiger charge is -2.03. The molecule has 20 heavy (non-hydrogen) atoms. The number of nitrogens with zero attached hydrogens (tertiary/aromatic N) is 1. The Morgan fingerprint density at radius 1 is 1.35 bits per heavy atom. The lowest BCUT2D eigenvalue weighted by atomic mass is 10.0. The zero-order chi connectivity index (χ0) is 14.5. The fourth-order valence-electron chi connectivity index (χ4n) is 2.19. The van der Waals surface area contributed by atoms with Crippen molar-refractivity contribution < 1.29 is 4.74 Å². The maximum Gasteiger partial charge on any atom is 0.231 e. The third-order valence-electron chi connectivity index (χ3n) is 3.17. The lowest BCUT2D eigenvalue weighted by Crippen LogP contribution is -2.07. The zero-order valence-electron chi connectivity index (χ0n) is 11.7. The number of hydrogen-bond donors (Lipinski definition) is 2. The molecule has 0 aliphatic rings. The molecule has 0 saturated carbocycles. The molecule has 0 aliphatic heterocycles. The van der Waals surface area contributed by atoms with Crippen LogP contribution in [0.4, 0.5) is 0 Å². The molecule has 1 aromatic carbocycles. The summed E-state index contributed by atoms with van der Waals surface area (Å²) in [6, 6.07) is 12.2. The smallest absolute Gasteiger partial charge is 0.231 e. The molecule has 0 fully saturated rings. The lowest BCUT2D eigenvalue weighted by molar-refractivity contribution is 0.324. The second-order valence-corrected chi connectivity index (χ2v) is 4.51. The van der Waals surface area contributed by atoms with Gasteiger partial charge in [-0.2, -0.15) is 5.26 Å². The molecule has 0 spiro atoms. The van der Waals surface area contributed by atoms with Crippen LogP contribution in [0.2, 0.25) is 0 Å². The Morgan fingerprint density at radius 2 is 2.05 bits per heavy atom. The number of aromatic nitrogens is 1. The van der Waals surface area contributed by atoms with Crippen LogP contribution in [0.15, 0.2) is 30.3 Å². The molecular weight excluding hydrogens is 250 g/mol. The summed E-state index contributed by atoms with van der Waals surface area (Å²) in [6.45, 7) is 4.15. The van der Waals surface area contributed by atoms with Crippen LogP contribution >= 0.6 is 0 Å². The second-order valence-electron chi connectivity index (χ2n) is 4.51. The molecule has 0 saturated heterocycles. The van der Waals surface area contributed by atoms with Crippen LogP contribution in [0.25, 0.3) is 0 Å². The van der Waals surface area contributed by atoms with E-state index in [4.69, 9.17) is 10.1 Å². The molecule has 1 aromatic heterocycles. The maximum absolute atomic E-state index is 9.39. The number of nitrogens with one attached hydrogen (secondary N) is 2. The Balaban J connectivity index is 2.39. The van der Waals surface area contributed by atoms with Crippen molar-refractivity contribution >= 4 is 5.90 Å². The summed E-state index contributed by atoms with van der Waals surface area (Å²) < 4.78 is 5.19. The van der Waals surface area contributed by atoms with Gasteiger partial charge in [0.05, 0.1) is 12.2 Å². The van der Waals surface area contributed by atoms with Crippen LogP contribution < -0.4 is 0 Å². The summed E-state index contributed by atoms with van der Waals surface area (Å²) in [5, 5.41) is 17.2. The van der Waals surface area contributed by atoms with E-state index in [1.54, 1.807) is 0 Å². The minimum Gasteiger partial charge on any atom is -0.477 e. The Kier molecular flexibility index (Phi) is 4.21. The van der Waals surface area contributed by atoms with E-state index in [1.807, 2.05) is 44.2 Å². The first-order chi connectivity index (χ1) is 9.67. The molecular formula is C16H17N3O. The molecule has 0 aliphatic carbocycles. The predicted molar refractivity (Wildman–Crippen MR) is 77.9 cm³/mol. The Morgan fingerprint density at radius 3 is 2.65 bits per heavy atom. The molecule has 1 heterocycles. The number of ether oxygens (including phenoxy) is 1. The first-order valence-electron chi connectivity index (χ1n) is 6.54. The SMILES string of the molecule is CCOC(=N)c1[nH]c(C)c(Cc2ccccc2)c1C#N. The van der Waals surface area contributed by atoms with Crippen molar-refractivity contribution in [3.8, 4) is 6.07 Å². The Labute approximate surface area is 118 Å². The molecule has 4 heteroatoms. The maximum atomic E-state index is 9.39. The highest BCUT2D eigenvalue weighted by atomic mass is 16.5. The molecule has 0 unspecified atom stereocenters. The van der Waals surface area contributed by atoms with Gasteiger partial charge in [0, 0.05) is 12.1 Å². The van der Waals surface area contributed by atoms with Gasteiger partial charge in [-0.15, -0.1) is 0 Å². The second kappa shape index (κ2) is 6.07. The highest BCUT2D eigenvalue weighted by molar-refractivity contribution is 5.93. The highest BCUT2D eigenvalue weighted by Crippen LogP contribution is 2.22. The Hall–Kier alpha value is -2.54. The number of aromatic amines is 1. The predicted octanol–water partition coefficient (Wildman–Crippen LogP) is 3.15. The van der Waals surface area contributed by atoms with E-state index in [0.717, 1.165) is 16.8 Å². The number of nitriles is 1. The van der Waals surface area contributed by atoms with E-state index in [0.29, 0.717) is 24.3 Å². The van der Waals surface area contributed by atoms with Gasteiger partial charge in [0.15, 0.2) is 0 Å². The minimum absolute atomic E-state index is 0.0199. The average Bonchev–Trinajstić information content (AvgIpc) is 2.77. The van der Waals surface area contributed by atoms with Crippen LogP contribution in [-0.4, -0.2) is 17.5 Å². The minimum atomic E-state index is 0.0199. The number of rotatable bonds is 4. The van der Waals surface area contributed by atoms with E-state index >= 15 is 0 Å². The summed E-state index contributed by atoms with van der Waals surface area (Å²) in [6.07, 6.45) is 0.672. The molecule has 0 amide bonds. The normalized spacial score (nSPS) is 10.1. The fourth-order valence-corrected chi connectivity index (χ4v) is 2.19. The van der Waals surface area contributed by atoms with Gasteiger partial charge in [-0.1, -0.05) is 30.3 Å². The average molecular weight is 267 g/mol. The standard InChI is InChI=1S/C16H17N3O/c1-3-20-16(18)15-14(10-17)13(11(2)19-15)9-12-7-5-4-6-8-12/h4-8,18-19H,3,9H2,1-2H3. The fraction of sp³-hybridized carbons (Fsp3) is 0.250. The monoisotopic (exact) mass is 267 g/mol. The molecule has 2 rings (SSSR count). The van der Waals surface area contributed by atoms with Crippen LogP contribution in [-0.2, 0) is 11.2 Å². The number of H-pyrrole nitrogens is 1. The van der Waals surface area contributed by atoms with Crippen molar-refractivity contribution in [2.45, 2.75) is 20.3 Å². The van der Waals surface area contributed by atoms with Gasteiger partial charge < -0.3 is 9.72 Å². The van der Waals surface area contributed by atoms with Crippen molar-refractivity contribution in [2.75, 3.05) is 6.61 Å². The van der Waals surface area contributed by atoms with Gasteiger partial charge in [0.25, 0.3) is 0 Å². The summed E-state index contributed by atoms with van der Waals surface area (Å²) in [4.78, 5) is 3.10. The zero-order valence-corrected chi connectivity index (χ0v) is 11.7. The van der Waals surface area contributed by atoms with Crippen molar-refractivity contribution in [2.24, 2.45) is 0 Å². The molecule has 2 N–H and O–H groups in total. The van der Waals surface area contributed by atoms with Crippen LogP contribution in [0.1, 0.15) is 35.0 Å². The number of aryl methyl sites for hydroxylation is 1. The molecule has 102 valence electrons. The summed E-state index contributed by atoms with van der Waals surface area (Å²) in [7, 11) is 0. The quantitative estimate of drug-likeness (QED) is 0.659. The largest absolute Gasteiger partial charge is 0.477 e. The number of hydrogen-bond acceptors (Lipinski definition) is 3. The first-order valence-corrected chi connectivity index (χ1v) is 6.54. The van der Waals surface area contributed by atoms with Crippen LogP contribution in [0.3, 0.4) is 0 Å². The van der Waals surface area contributed by atoms with Gasteiger partial charge in [0.1, 0.15) is 11.8 Å². The molecule has 0 bridgehead atoms. The molecule has 0 atom stereocenters. The van der Waals surface area contributed by atoms with E-state index in [1.165, 1.54) is 0 Å². The van der Waals surface area contributed by atoms with Crippen molar-refractivity contribution in [3.05, 3.63) is 58.4 Å². The van der Waals surface area contributed by atoms with E-state index in [-0.39, 0.29) is 5.90 Å². The third-order valence-corrected chi connectivity index (χ3v) is 3.17. The van der Waals surface area contributed by atoms with Gasteiger partial charge >= 0.3 is 0 Å². The van der Waals surface area contributed by atoms with Crippen LogP contribution in [0.5, 0.6) is 0 Å². The molecule has 2 aromatic rings. The van der Waals surface area contributed by atoms with Crippen molar-refractivity contribution in [1.29, 1.82) is 10.7 Å². The number of benzene rings is 1. The third kappa shape index (κ3) is 2.72. The summed E-state index contributed by atoms with van der Waals surface area (Å²) >= 11 is 0. The van der Waals surface area contributed by atoms with Crippen molar-refractivity contribution in [1.82, 2.24) is 4.98 Å². The summed E-state index contributed by atoms with van der Waals surface area (Å²) in [5.41, 5.74) is 3.95. The van der Waals surface area contributed by atoms with Gasteiger partial charge in [0.2, 0.25) is 5.90 Å². The van der Waals surface area contributed by atoms with Gasteiger partial charge in [-0.25, -0.2) is 0 Å².